The summed E-state index contributed by atoms with van der Waals surface area (Å²) in [6.45, 7) is 3.44. The SMILES string of the molecule is C=CCc1cc(C(=O)O)cc(C(=O)O)c1O. The molecule has 0 spiro atoms. The lowest BCUT2D eigenvalue weighted by Crippen LogP contribution is -2.05. The first-order valence-corrected chi connectivity index (χ1v) is 4.40. The van der Waals surface area contributed by atoms with Crippen LogP contribution in [0, 0.1) is 0 Å². The van der Waals surface area contributed by atoms with Gasteiger partial charge < -0.3 is 15.3 Å². The van der Waals surface area contributed by atoms with Gasteiger partial charge in [-0.1, -0.05) is 6.08 Å². The largest absolute Gasteiger partial charge is 0.507 e. The van der Waals surface area contributed by atoms with Crippen molar-refractivity contribution < 1.29 is 24.9 Å². The van der Waals surface area contributed by atoms with Gasteiger partial charge in [0, 0.05) is 0 Å². The summed E-state index contributed by atoms with van der Waals surface area (Å²) in [7, 11) is 0. The molecule has 1 rings (SSSR count). The molecule has 0 saturated carbocycles. The fraction of sp³-hybridized carbons (Fsp3) is 0.0909. The Balaban J connectivity index is 3.44. The van der Waals surface area contributed by atoms with Gasteiger partial charge in [-0.3, -0.25) is 0 Å². The molecule has 0 unspecified atom stereocenters. The number of carboxylic acid groups (broad SMARTS) is 2. The van der Waals surface area contributed by atoms with Gasteiger partial charge in [0.05, 0.1) is 5.56 Å². The van der Waals surface area contributed by atoms with Crippen LogP contribution in [0.4, 0.5) is 0 Å². The lowest BCUT2D eigenvalue weighted by molar-refractivity contribution is 0.0693. The van der Waals surface area contributed by atoms with Crippen LogP contribution in [0.25, 0.3) is 0 Å². The molecule has 0 fully saturated rings. The van der Waals surface area contributed by atoms with Crippen molar-refractivity contribution in [2.24, 2.45) is 0 Å². The molecule has 1 aromatic rings. The Hall–Kier alpha value is -2.30. The van der Waals surface area contributed by atoms with E-state index in [-0.39, 0.29) is 17.5 Å². The molecule has 0 atom stereocenters. The maximum absolute atomic E-state index is 10.8. The summed E-state index contributed by atoms with van der Waals surface area (Å²) in [5, 5.41) is 27.1. The molecule has 0 radical (unpaired) electrons. The summed E-state index contributed by atoms with van der Waals surface area (Å²) in [5.41, 5.74) is -0.365. The Labute approximate surface area is 91.3 Å². The molecule has 16 heavy (non-hydrogen) atoms. The summed E-state index contributed by atoms with van der Waals surface area (Å²) in [6.07, 6.45) is 1.65. The molecule has 0 saturated heterocycles. The maximum atomic E-state index is 10.8. The molecular weight excluding hydrogens is 212 g/mol. The van der Waals surface area contributed by atoms with E-state index < -0.39 is 23.3 Å². The van der Waals surface area contributed by atoms with Gasteiger partial charge >= 0.3 is 11.9 Å². The van der Waals surface area contributed by atoms with Gasteiger partial charge in [-0.05, 0) is 24.1 Å². The van der Waals surface area contributed by atoms with Crippen molar-refractivity contribution in [2.75, 3.05) is 0 Å². The molecule has 0 aliphatic carbocycles. The minimum Gasteiger partial charge on any atom is -0.507 e. The molecule has 5 nitrogen and oxygen atoms in total. The smallest absolute Gasteiger partial charge is 0.339 e. The normalized spacial score (nSPS) is 9.75. The maximum Gasteiger partial charge on any atom is 0.339 e. The standard InChI is InChI=1S/C11H10O5/c1-2-3-6-4-7(10(13)14)5-8(9(6)12)11(15)16/h2,4-5,12H,1,3H2,(H,13,14)(H,15,16). The number of phenols is 1. The lowest BCUT2D eigenvalue weighted by Gasteiger charge is -2.07. The van der Waals surface area contributed by atoms with Crippen LogP contribution in [0.3, 0.4) is 0 Å². The van der Waals surface area contributed by atoms with Crippen LogP contribution in [-0.2, 0) is 6.42 Å². The highest BCUT2D eigenvalue weighted by Gasteiger charge is 2.17. The topological polar surface area (TPSA) is 94.8 Å². The minimum absolute atomic E-state index is 0.174. The van der Waals surface area contributed by atoms with Crippen LogP contribution in [0.1, 0.15) is 26.3 Å². The minimum atomic E-state index is -1.37. The van der Waals surface area contributed by atoms with Crippen molar-refractivity contribution in [2.45, 2.75) is 6.42 Å². The summed E-state index contributed by atoms with van der Waals surface area (Å²) in [5.74, 6) is -3.03. The summed E-state index contributed by atoms with van der Waals surface area (Å²) in [4.78, 5) is 21.5. The molecule has 0 aliphatic rings. The molecule has 0 heterocycles. The number of hydrogen-bond acceptors (Lipinski definition) is 3. The van der Waals surface area contributed by atoms with Crippen molar-refractivity contribution in [3.8, 4) is 5.75 Å². The van der Waals surface area contributed by atoms with Crippen LogP contribution in [0.2, 0.25) is 0 Å². The van der Waals surface area contributed by atoms with Crippen LogP contribution in [0.15, 0.2) is 24.8 Å². The van der Waals surface area contributed by atoms with E-state index in [9.17, 15) is 14.7 Å². The van der Waals surface area contributed by atoms with Crippen LogP contribution >= 0.6 is 0 Å². The van der Waals surface area contributed by atoms with E-state index in [1.807, 2.05) is 0 Å². The third-order valence-corrected chi connectivity index (χ3v) is 2.03. The Morgan fingerprint density at radius 1 is 1.25 bits per heavy atom. The second-order valence-electron chi connectivity index (χ2n) is 3.13. The number of rotatable bonds is 4. The third kappa shape index (κ3) is 2.20. The van der Waals surface area contributed by atoms with E-state index in [0.29, 0.717) is 0 Å². The second kappa shape index (κ2) is 4.48. The average Bonchev–Trinajstić information content (AvgIpc) is 2.20. The van der Waals surface area contributed by atoms with Crippen LogP contribution < -0.4 is 0 Å². The van der Waals surface area contributed by atoms with Crippen molar-refractivity contribution in [1.82, 2.24) is 0 Å². The average molecular weight is 222 g/mol. The van der Waals surface area contributed by atoms with Crippen molar-refractivity contribution in [1.29, 1.82) is 0 Å². The van der Waals surface area contributed by atoms with Gasteiger partial charge in [-0.25, -0.2) is 9.59 Å². The highest BCUT2D eigenvalue weighted by molar-refractivity contribution is 5.96. The number of benzene rings is 1. The predicted molar refractivity (Wildman–Crippen MR) is 55.9 cm³/mol. The van der Waals surface area contributed by atoms with E-state index in [2.05, 4.69) is 6.58 Å². The first-order chi connectivity index (χ1) is 7.47. The molecule has 3 N–H and O–H groups in total. The zero-order valence-electron chi connectivity index (χ0n) is 8.30. The Morgan fingerprint density at radius 2 is 1.88 bits per heavy atom. The van der Waals surface area contributed by atoms with E-state index in [1.165, 1.54) is 12.1 Å². The van der Waals surface area contributed by atoms with Gasteiger partial charge in [-0.2, -0.15) is 0 Å². The molecule has 1 aromatic carbocycles. The van der Waals surface area contributed by atoms with E-state index in [0.717, 1.165) is 6.07 Å². The Kier molecular flexibility index (Phi) is 3.30. The number of allylic oxidation sites excluding steroid dienone is 1. The molecule has 0 bridgehead atoms. The van der Waals surface area contributed by atoms with E-state index in [4.69, 9.17) is 10.2 Å². The molecular formula is C11H10O5. The third-order valence-electron chi connectivity index (χ3n) is 2.03. The number of aromatic carboxylic acids is 2. The number of hydrogen-bond donors (Lipinski definition) is 3. The molecule has 0 aromatic heterocycles. The summed E-state index contributed by atoms with van der Waals surface area (Å²) >= 11 is 0. The summed E-state index contributed by atoms with van der Waals surface area (Å²) in [6, 6.07) is 2.15. The lowest BCUT2D eigenvalue weighted by atomic mass is 10.0. The summed E-state index contributed by atoms with van der Waals surface area (Å²) < 4.78 is 0. The van der Waals surface area contributed by atoms with Gasteiger partial charge in [0.15, 0.2) is 0 Å². The molecule has 5 heteroatoms. The highest BCUT2D eigenvalue weighted by atomic mass is 16.4. The van der Waals surface area contributed by atoms with Crippen molar-refractivity contribution >= 4 is 11.9 Å². The van der Waals surface area contributed by atoms with Crippen LogP contribution in [-0.4, -0.2) is 27.3 Å². The predicted octanol–water partition coefficient (Wildman–Crippen LogP) is 1.52. The van der Waals surface area contributed by atoms with Crippen molar-refractivity contribution in [3.05, 3.63) is 41.5 Å². The Bertz CT molecular complexity index is 462. The van der Waals surface area contributed by atoms with E-state index >= 15 is 0 Å². The van der Waals surface area contributed by atoms with Gasteiger partial charge in [0.1, 0.15) is 11.3 Å². The van der Waals surface area contributed by atoms with Gasteiger partial charge in [0.2, 0.25) is 0 Å². The first-order valence-electron chi connectivity index (χ1n) is 4.40. The van der Waals surface area contributed by atoms with Gasteiger partial charge in [-0.15, -0.1) is 6.58 Å². The quantitative estimate of drug-likeness (QED) is 0.671. The number of carboxylic acids is 2. The second-order valence-corrected chi connectivity index (χ2v) is 3.13. The van der Waals surface area contributed by atoms with Crippen LogP contribution in [0.5, 0.6) is 5.75 Å². The molecule has 0 aliphatic heterocycles. The molecule has 0 amide bonds. The van der Waals surface area contributed by atoms with Crippen molar-refractivity contribution in [3.63, 3.8) is 0 Å². The fourth-order valence-corrected chi connectivity index (χ4v) is 1.29. The highest BCUT2D eigenvalue weighted by Crippen LogP contribution is 2.25. The number of aromatic hydroxyl groups is 1. The van der Waals surface area contributed by atoms with E-state index in [1.54, 1.807) is 0 Å². The molecule has 84 valence electrons. The first kappa shape index (κ1) is 11.8. The van der Waals surface area contributed by atoms with Gasteiger partial charge in [0.25, 0.3) is 0 Å². The fourth-order valence-electron chi connectivity index (χ4n) is 1.29. The number of carbonyl (C=O) groups is 2. The monoisotopic (exact) mass is 222 g/mol. The zero-order valence-corrected chi connectivity index (χ0v) is 8.30. The zero-order chi connectivity index (χ0) is 12.3. The Morgan fingerprint density at radius 3 is 2.31 bits per heavy atom.